The smallest absolute Gasteiger partial charge is 0.238 e. The van der Waals surface area contributed by atoms with Gasteiger partial charge in [-0.3, -0.25) is 9.59 Å². The van der Waals surface area contributed by atoms with Crippen LogP contribution in [0.1, 0.15) is 26.7 Å². The van der Waals surface area contributed by atoms with E-state index in [1.165, 1.54) is 24.3 Å². The Kier molecular flexibility index (Phi) is 8.42. The quantitative estimate of drug-likeness (QED) is 0.468. The number of amides is 2. The Morgan fingerprint density at radius 1 is 0.759 bits per heavy atom. The Balaban J connectivity index is 2.14. The number of hydrogen-bond donors (Lipinski definition) is 2. The third-order valence-electron chi connectivity index (χ3n) is 4.15. The Morgan fingerprint density at radius 3 is 1.34 bits per heavy atom. The van der Waals surface area contributed by atoms with E-state index in [1.807, 2.05) is 13.8 Å². The van der Waals surface area contributed by atoms with E-state index in [1.54, 1.807) is 24.3 Å². The van der Waals surface area contributed by atoms with Gasteiger partial charge in [0.05, 0.1) is 19.4 Å². The molecule has 2 N–H and O–H groups in total. The maximum Gasteiger partial charge on any atom is 0.238 e. The average Bonchev–Trinajstić information content (AvgIpc) is 2.73. The monoisotopic (exact) mass is 544 g/mol. The lowest BCUT2D eigenvalue weighted by atomic mass is 10.3. The average molecular weight is 546 g/mol. The fourth-order valence-corrected chi connectivity index (χ4v) is 3.87. The summed E-state index contributed by atoms with van der Waals surface area (Å²) in [4.78, 5) is 23.4. The van der Waals surface area contributed by atoms with Crippen LogP contribution >= 0.6 is 31.9 Å². The lowest BCUT2D eigenvalue weighted by Gasteiger charge is -2.11. The molecule has 0 aromatic heterocycles. The molecular weight excluding hydrogens is 524 g/mol. The molecule has 0 saturated carbocycles. The highest BCUT2D eigenvalue weighted by Crippen LogP contribution is 2.24. The van der Waals surface area contributed by atoms with Crippen molar-refractivity contribution in [2.24, 2.45) is 0 Å². The number of carbonyl (C=O) groups is 2. The van der Waals surface area contributed by atoms with E-state index >= 15 is 0 Å². The van der Waals surface area contributed by atoms with Gasteiger partial charge in [-0.2, -0.15) is 0 Å². The molecule has 9 heteroatoms. The molecule has 0 saturated heterocycles. The van der Waals surface area contributed by atoms with Gasteiger partial charge in [0.2, 0.25) is 21.7 Å². The van der Waals surface area contributed by atoms with Gasteiger partial charge in [0.15, 0.2) is 0 Å². The Bertz CT molecular complexity index is 887. The summed E-state index contributed by atoms with van der Waals surface area (Å²) < 4.78 is 25.6. The van der Waals surface area contributed by atoms with E-state index in [0.717, 1.165) is 0 Å². The molecule has 0 heterocycles. The van der Waals surface area contributed by atoms with Crippen LogP contribution in [0.25, 0.3) is 0 Å². The minimum atomic E-state index is -3.72. The predicted octanol–water partition coefficient (Wildman–Crippen LogP) is 4.74. The van der Waals surface area contributed by atoms with Gasteiger partial charge in [-0.05, 0) is 61.4 Å². The normalized spacial score (nSPS) is 13.4. The van der Waals surface area contributed by atoms with E-state index in [2.05, 4.69) is 42.5 Å². The van der Waals surface area contributed by atoms with Crippen molar-refractivity contribution in [1.29, 1.82) is 0 Å². The van der Waals surface area contributed by atoms with E-state index < -0.39 is 9.84 Å². The highest BCUT2D eigenvalue weighted by Gasteiger charge is 2.19. The number of hydrogen-bond acceptors (Lipinski definition) is 4. The van der Waals surface area contributed by atoms with Crippen LogP contribution < -0.4 is 10.6 Å². The number of benzene rings is 2. The molecular formula is C20H22Br2N2O4S. The Labute approximate surface area is 187 Å². The molecule has 29 heavy (non-hydrogen) atoms. The molecule has 0 aliphatic heterocycles. The van der Waals surface area contributed by atoms with Crippen LogP contribution in [-0.2, 0) is 19.4 Å². The molecule has 2 aromatic carbocycles. The first-order valence-electron chi connectivity index (χ1n) is 9.04. The topological polar surface area (TPSA) is 92.3 Å². The van der Waals surface area contributed by atoms with Crippen LogP contribution in [0.4, 0.5) is 11.4 Å². The molecule has 2 amide bonds. The fourth-order valence-electron chi connectivity index (χ4n) is 2.38. The van der Waals surface area contributed by atoms with Gasteiger partial charge in [0.25, 0.3) is 0 Å². The number of alkyl halides is 2. The van der Waals surface area contributed by atoms with Gasteiger partial charge in [0.1, 0.15) is 0 Å². The highest BCUT2D eigenvalue weighted by molar-refractivity contribution is 9.10. The number of halogens is 2. The third kappa shape index (κ3) is 6.13. The zero-order valence-electron chi connectivity index (χ0n) is 16.0. The van der Waals surface area contributed by atoms with Crippen LogP contribution in [-0.4, -0.2) is 29.9 Å². The van der Waals surface area contributed by atoms with E-state index in [-0.39, 0.29) is 31.3 Å². The minimum Gasteiger partial charge on any atom is -0.325 e. The van der Waals surface area contributed by atoms with Gasteiger partial charge < -0.3 is 10.6 Å². The van der Waals surface area contributed by atoms with Crippen LogP contribution in [0.3, 0.4) is 0 Å². The summed E-state index contributed by atoms with van der Waals surface area (Å²) in [6.45, 7) is 3.76. The number of anilines is 2. The Hall–Kier alpha value is -1.71. The van der Waals surface area contributed by atoms with Crippen molar-refractivity contribution in [2.75, 3.05) is 10.6 Å². The van der Waals surface area contributed by atoms with Gasteiger partial charge in [0, 0.05) is 11.4 Å². The van der Waals surface area contributed by atoms with Crippen LogP contribution in [0.5, 0.6) is 0 Å². The standard InChI is InChI=1S/C20H22Br2N2O4S/c1-3-17(21)19(25)23-13-5-9-15(10-6-13)29(27,28)16-11-7-14(8-12-16)24-20(26)18(22)4-2/h5-12,17-18H,3-4H2,1-2H3,(H,23,25)(H,24,26). The van der Waals surface area contributed by atoms with Crippen molar-refractivity contribution >= 4 is 64.9 Å². The van der Waals surface area contributed by atoms with Gasteiger partial charge in [-0.1, -0.05) is 45.7 Å². The molecule has 2 atom stereocenters. The van der Waals surface area contributed by atoms with Crippen molar-refractivity contribution in [3.8, 4) is 0 Å². The summed E-state index contributed by atoms with van der Waals surface area (Å²) in [6.07, 6.45) is 1.28. The van der Waals surface area contributed by atoms with Crippen molar-refractivity contribution in [2.45, 2.75) is 46.1 Å². The number of rotatable bonds is 8. The number of carbonyl (C=O) groups excluding carboxylic acids is 2. The predicted molar refractivity (Wildman–Crippen MR) is 122 cm³/mol. The van der Waals surface area contributed by atoms with Gasteiger partial charge in [-0.15, -0.1) is 0 Å². The largest absolute Gasteiger partial charge is 0.325 e. The SMILES string of the molecule is CCC(Br)C(=O)Nc1ccc(S(=O)(=O)c2ccc(NC(=O)C(Br)CC)cc2)cc1. The first kappa shape index (κ1) is 23.6. The first-order valence-corrected chi connectivity index (χ1v) is 12.4. The summed E-state index contributed by atoms with van der Waals surface area (Å²) in [6, 6.07) is 12.0. The third-order valence-corrected chi connectivity index (χ3v) is 8.06. The van der Waals surface area contributed by atoms with E-state index in [9.17, 15) is 18.0 Å². The molecule has 0 fully saturated rings. The maximum atomic E-state index is 12.8. The molecule has 0 aliphatic rings. The van der Waals surface area contributed by atoms with E-state index in [0.29, 0.717) is 24.2 Å². The van der Waals surface area contributed by atoms with Crippen molar-refractivity contribution in [3.63, 3.8) is 0 Å². The second-order valence-electron chi connectivity index (χ2n) is 6.28. The lowest BCUT2D eigenvalue weighted by molar-refractivity contribution is -0.116. The number of sulfone groups is 1. The molecule has 0 aliphatic carbocycles. The molecule has 0 bridgehead atoms. The summed E-state index contributed by atoms with van der Waals surface area (Å²) in [5, 5.41) is 5.45. The second-order valence-corrected chi connectivity index (χ2v) is 10.4. The summed E-state index contributed by atoms with van der Waals surface area (Å²) in [5.41, 5.74) is 1.04. The van der Waals surface area contributed by atoms with Crippen LogP contribution in [0.2, 0.25) is 0 Å². The van der Waals surface area contributed by atoms with Gasteiger partial charge >= 0.3 is 0 Å². The summed E-state index contributed by atoms with van der Waals surface area (Å²) >= 11 is 6.54. The molecule has 2 aromatic rings. The Morgan fingerprint density at radius 2 is 1.07 bits per heavy atom. The van der Waals surface area contributed by atoms with Crippen molar-refractivity contribution in [3.05, 3.63) is 48.5 Å². The molecule has 0 spiro atoms. The second kappa shape index (κ2) is 10.4. The van der Waals surface area contributed by atoms with E-state index in [4.69, 9.17) is 0 Å². The zero-order valence-corrected chi connectivity index (χ0v) is 20.0. The highest BCUT2D eigenvalue weighted by atomic mass is 79.9. The maximum absolute atomic E-state index is 12.8. The summed E-state index contributed by atoms with van der Waals surface area (Å²) in [7, 11) is -3.72. The van der Waals surface area contributed by atoms with Crippen LogP contribution in [0.15, 0.2) is 58.3 Å². The summed E-state index contributed by atoms with van der Waals surface area (Å²) in [5.74, 6) is -0.371. The van der Waals surface area contributed by atoms with Crippen LogP contribution in [0, 0.1) is 0 Å². The van der Waals surface area contributed by atoms with Gasteiger partial charge in [-0.25, -0.2) is 8.42 Å². The molecule has 156 valence electrons. The van der Waals surface area contributed by atoms with Crippen molar-refractivity contribution < 1.29 is 18.0 Å². The molecule has 0 radical (unpaired) electrons. The lowest BCUT2D eigenvalue weighted by Crippen LogP contribution is -2.22. The van der Waals surface area contributed by atoms with Crippen molar-refractivity contribution in [1.82, 2.24) is 0 Å². The zero-order chi connectivity index (χ0) is 21.6. The first-order chi connectivity index (χ1) is 13.7. The number of nitrogens with one attached hydrogen (secondary N) is 2. The molecule has 2 unspecified atom stereocenters. The molecule has 2 rings (SSSR count). The molecule has 6 nitrogen and oxygen atoms in total. The fraction of sp³-hybridized carbons (Fsp3) is 0.300. The minimum absolute atomic E-state index is 0.115.